The number of esters is 1. The van der Waals surface area contributed by atoms with Gasteiger partial charge in [-0.3, -0.25) is 4.79 Å². The van der Waals surface area contributed by atoms with Gasteiger partial charge in [0.1, 0.15) is 0 Å². The number of nitrogens with one attached hydrogen (secondary N) is 1. The van der Waals surface area contributed by atoms with Crippen LogP contribution in [0.3, 0.4) is 0 Å². The first-order valence-corrected chi connectivity index (χ1v) is 4.21. The van der Waals surface area contributed by atoms with Crippen molar-refractivity contribution >= 4 is 5.97 Å². The van der Waals surface area contributed by atoms with E-state index in [2.05, 4.69) is 16.6 Å². The number of hydrogen-bond donors (Lipinski definition) is 1. The Hall–Kier alpha value is -0.830. The first kappa shape index (κ1) is 9.26. The summed E-state index contributed by atoms with van der Waals surface area (Å²) < 4.78 is 4.68. The molecule has 0 bridgehead atoms. The van der Waals surface area contributed by atoms with Crippen molar-refractivity contribution in [2.75, 3.05) is 13.7 Å². The number of rotatable bonds is 2. The number of hydrogen-bond acceptors (Lipinski definition) is 3. The molecule has 1 rings (SSSR count). The monoisotopic (exact) mass is 169 g/mol. The summed E-state index contributed by atoms with van der Waals surface area (Å²) in [5.41, 5.74) is 0. The Morgan fingerprint density at radius 3 is 3.08 bits per heavy atom. The van der Waals surface area contributed by atoms with Crippen LogP contribution in [0.15, 0.2) is 12.7 Å². The summed E-state index contributed by atoms with van der Waals surface area (Å²) >= 11 is 0. The summed E-state index contributed by atoms with van der Waals surface area (Å²) in [4.78, 5) is 11.1. The van der Waals surface area contributed by atoms with Gasteiger partial charge in [0.25, 0.3) is 0 Å². The van der Waals surface area contributed by atoms with Crippen LogP contribution in [-0.4, -0.2) is 25.7 Å². The molecule has 1 fully saturated rings. The SMILES string of the molecule is C=C[C@H]1C[C@@H](C(=O)OC)CCN1. The Morgan fingerprint density at radius 2 is 2.50 bits per heavy atom. The topological polar surface area (TPSA) is 38.3 Å². The molecule has 0 saturated carbocycles. The lowest BCUT2D eigenvalue weighted by atomic mass is 9.93. The van der Waals surface area contributed by atoms with E-state index in [9.17, 15) is 4.79 Å². The third-order valence-corrected chi connectivity index (χ3v) is 2.26. The second-order valence-corrected chi connectivity index (χ2v) is 3.04. The zero-order valence-corrected chi connectivity index (χ0v) is 7.38. The zero-order valence-electron chi connectivity index (χ0n) is 7.38. The van der Waals surface area contributed by atoms with E-state index in [0.29, 0.717) is 0 Å². The van der Waals surface area contributed by atoms with Gasteiger partial charge in [-0.15, -0.1) is 6.58 Å². The number of carbonyl (C=O) groups excluding carboxylic acids is 1. The fraction of sp³-hybridized carbons (Fsp3) is 0.667. The predicted octanol–water partition coefficient (Wildman–Crippen LogP) is 0.714. The van der Waals surface area contributed by atoms with Crippen molar-refractivity contribution in [3.63, 3.8) is 0 Å². The van der Waals surface area contributed by atoms with Crippen LogP contribution >= 0.6 is 0 Å². The predicted molar refractivity (Wildman–Crippen MR) is 46.7 cm³/mol. The van der Waals surface area contributed by atoms with E-state index in [1.165, 1.54) is 7.11 Å². The molecule has 0 spiro atoms. The van der Waals surface area contributed by atoms with Crippen molar-refractivity contribution in [1.82, 2.24) is 5.32 Å². The van der Waals surface area contributed by atoms with Crippen LogP contribution in [0.2, 0.25) is 0 Å². The first-order valence-electron chi connectivity index (χ1n) is 4.21. The van der Waals surface area contributed by atoms with Crippen LogP contribution in [0.5, 0.6) is 0 Å². The van der Waals surface area contributed by atoms with E-state index in [1.54, 1.807) is 0 Å². The molecule has 0 aromatic heterocycles. The lowest BCUT2D eigenvalue weighted by Crippen LogP contribution is -2.39. The highest BCUT2D eigenvalue weighted by atomic mass is 16.5. The van der Waals surface area contributed by atoms with Gasteiger partial charge in [-0.25, -0.2) is 0 Å². The molecule has 1 heterocycles. The highest BCUT2D eigenvalue weighted by Crippen LogP contribution is 2.17. The molecular formula is C9H15NO2. The van der Waals surface area contributed by atoms with Crippen LogP contribution in [0.1, 0.15) is 12.8 Å². The van der Waals surface area contributed by atoms with Gasteiger partial charge in [0, 0.05) is 6.04 Å². The fourth-order valence-corrected chi connectivity index (χ4v) is 1.51. The van der Waals surface area contributed by atoms with E-state index in [0.717, 1.165) is 19.4 Å². The van der Waals surface area contributed by atoms with Crippen LogP contribution < -0.4 is 5.32 Å². The van der Waals surface area contributed by atoms with Crippen molar-refractivity contribution < 1.29 is 9.53 Å². The Bertz CT molecular complexity index is 179. The molecule has 0 unspecified atom stereocenters. The normalized spacial score (nSPS) is 29.4. The summed E-state index contributed by atoms with van der Waals surface area (Å²) in [7, 11) is 1.44. The number of methoxy groups -OCH3 is 1. The highest BCUT2D eigenvalue weighted by molar-refractivity contribution is 5.72. The smallest absolute Gasteiger partial charge is 0.308 e. The molecule has 0 aromatic rings. The Labute approximate surface area is 72.8 Å². The molecule has 68 valence electrons. The number of carbonyl (C=O) groups is 1. The Morgan fingerprint density at radius 1 is 1.75 bits per heavy atom. The lowest BCUT2D eigenvalue weighted by molar-refractivity contribution is -0.146. The Balaban J connectivity index is 2.45. The van der Waals surface area contributed by atoms with Gasteiger partial charge in [0.2, 0.25) is 0 Å². The van der Waals surface area contributed by atoms with E-state index in [1.807, 2.05) is 6.08 Å². The third-order valence-electron chi connectivity index (χ3n) is 2.26. The molecule has 1 aliphatic rings. The van der Waals surface area contributed by atoms with E-state index >= 15 is 0 Å². The molecular weight excluding hydrogens is 154 g/mol. The van der Waals surface area contributed by atoms with Crippen LogP contribution in [0.4, 0.5) is 0 Å². The fourth-order valence-electron chi connectivity index (χ4n) is 1.51. The second kappa shape index (κ2) is 4.26. The first-order chi connectivity index (χ1) is 5.77. The van der Waals surface area contributed by atoms with Gasteiger partial charge in [-0.2, -0.15) is 0 Å². The molecule has 0 amide bonds. The quantitative estimate of drug-likeness (QED) is 0.489. The maximum atomic E-state index is 11.1. The molecule has 2 atom stereocenters. The Kier molecular flexibility index (Phi) is 3.29. The zero-order chi connectivity index (χ0) is 8.97. The lowest BCUT2D eigenvalue weighted by Gasteiger charge is -2.26. The third kappa shape index (κ3) is 2.08. The van der Waals surface area contributed by atoms with E-state index in [-0.39, 0.29) is 17.9 Å². The molecule has 1 N–H and O–H groups in total. The molecule has 3 heteroatoms. The minimum Gasteiger partial charge on any atom is -0.469 e. The van der Waals surface area contributed by atoms with Crippen LogP contribution in [0.25, 0.3) is 0 Å². The maximum absolute atomic E-state index is 11.1. The van der Waals surface area contributed by atoms with Crippen molar-refractivity contribution in [3.8, 4) is 0 Å². The molecule has 1 saturated heterocycles. The number of piperidine rings is 1. The number of ether oxygens (including phenoxy) is 1. The van der Waals surface area contributed by atoms with Crippen molar-refractivity contribution in [1.29, 1.82) is 0 Å². The molecule has 0 aliphatic carbocycles. The molecule has 0 aromatic carbocycles. The standard InChI is InChI=1S/C9H15NO2/c1-3-8-6-7(4-5-10-8)9(11)12-2/h3,7-8,10H,1,4-6H2,2H3/t7-,8-/m0/s1. The van der Waals surface area contributed by atoms with E-state index < -0.39 is 0 Å². The van der Waals surface area contributed by atoms with Crippen molar-refractivity contribution in [3.05, 3.63) is 12.7 Å². The van der Waals surface area contributed by atoms with Gasteiger partial charge in [-0.05, 0) is 19.4 Å². The summed E-state index contributed by atoms with van der Waals surface area (Å²) in [5, 5.41) is 3.25. The van der Waals surface area contributed by atoms with Gasteiger partial charge < -0.3 is 10.1 Å². The van der Waals surface area contributed by atoms with Gasteiger partial charge in [-0.1, -0.05) is 6.08 Å². The van der Waals surface area contributed by atoms with Gasteiger partial charge in [0.05, 0.1) is 13.0 Å². The minimum absolute atomic E-state index is 0.0549. The maximum Gasteiger partial charge on any atom is 0.308 e. The molecule has 0 radical (unpaired) electrons. The van der Waals surface area contributed by atoms with Crippen LogP contribution in [-0.2, 0) is 9.53 Å². The summed E-state index contributed by atoms with van der Waals surface area (Å²) in [5.74, 6) is -0.0393. The minimum atomic E-state index is -0.0941. The molecule has 1 aliphatic heterocycles. The van der Waals surface area contributed by atoms with Gasteiger partial charge >= 0.3 is 5.97 Å². The summed E-state index contributed by atoms with van der Waals surface area (Å²) in [6.07, 6.45) is 3.53. The molecule has 12 heavy (non-hydrogen) atoms. The van der Waals surface area contributed by atoms with E-state index in [4.69, 9.17) is 0 Å². The summed E-state index contributed by atoms with van der Waals surface area (Å²) in [6.45, 7) is 4.56. The van der Waals surface area contributed by atoms with Crippen LogP contribution in [0, 0.1) is 5.92 Å². The largest absolute Gasteiger partial charge is 0.469 e. The average molecular weight is 169 g/mol. The van der Waals surface area contributed by atoms with Crippen molar-refractivity contribution in [2.24, 2.45) is 5.92 Å². The van der Waals surface area contributed by atoms with Crippen molar-refractivity contribution in [2.45, 2.75) is 18.9 Å². The highest BCUT2D eigenvalue weighted by Gasteiger charge is 2.25. The van der Waals surface area contributed by atoms with Gasteiger partial charge in [0.15, 0.2) is 0 Å². The average Bonchev–Trinajstić information content (AvgIpc) is 2.17. The second-order valence-electron chi connectivity index (χ2n) is 3.04. The summed E-state index contributed by atoms with van der Waals surface area (Å²) in [6, 6.07) is 0.267. The molecule has 3 nitrogen and oxygen atoms in total.